The molecule has 0 saturated carbocycles. The van der Waals surface area contributed by atoms with Crippen LogP contribution in [0.2, 0.25) is 0 Å². The van der Waals surface area contributed by atoms with Gasteiger partial charge in [-0.25, -0.2) is 0 Å². The number of fused-ring (bicyclic) bond motifs is 3. The fourth-order valence-electron chi connectivity index (χ4n) is 5.03. The highest BCUT2D eigenvalue weighted by atomic mass is 19.4. The molecule has 0 unspecified atom stereocenters. The van der Waals surface area contributed by atoms with E-state index in [0.717, 1.165) is 36.5 Å². The zero-order valence-corrected chi connectivity index (χ0v) is 16.1. The number of hydrogen-bond acceptors (Lipinski definition) is 1. The molecular formula is C23H21F3N2O. The van der Waals surface area contributed by atoms with Gasteiger partial charge in [0.05, 0.1) is 17.2 Å². The molecule has 1 amide bonds. The summed E-state index contributed by atoms with van der Waals surface area (Å²) >= 11 is 0. The van der Waals surface area contributed by atoms with E-state index in [1.807, 2.05) is 0 Å². The molecule has 0 radical (unpaired) electrons. The summed E-state index contributed by atoms with van der Waals surface area (Å²) in [5.41, 5.74) is 3.60. The van der Waals surface area contributed by atoms with Crippen LogP contribution in [0.25, 0.3) is 10.9 Å². The topological polar surface area (TPSA) is 25.2 Å². The van der Waals surface area contributed by atoms with Gasteiger partial charge in [-0.1, -0.05) is 23.8 Å². The average Bonchev–Trinajstić information content (AvgIpc) is 3.02. The minimum Gasteiger partial charge on any atom is -0.341 e. The maximum atomic E-state index is 13.5. The first-order valence-corrected chi connectivity index (χ1v) is 9.95. The fraction of sp³-hybridized carbons (Fsp3) is 0.348. The van der Waals surface area contributed by atoms with Gasteiger partial charge in [0.1, 0.15) is 0 Å². The lowest BCUT2D eigenvalue weighted by atomic mass is 9.89. The van der Waals surface area contributed by atoms with Gasteiger partial charge in [0.25, 0.3) is 5.91 Å². The first kappa shape index (κ1) is 18.3. The Bertz CT molecular complexity index is 1130. The number of carbonyl (C=O) groups excluding carboxylic acids is 1. The third kappa shape index (κ3) is 2.76. The fourth-order valence-corrected chi connectivity index (χ4v) is 5.03. The maximum absolute atomic E-state index is 13.5. The van der Waals surface area contributed by atoms with Crippen LogP contribution in [0.15, 0.2) is 42.5 Å². The van der Waals surface area contributed by atoms with Gasteiger partial charge in [0.15, 0.2) is 0 Å². The Kier molecular flexibility index (Phi) is 4.02. The molecule has 1 aliphatic heterocycles. The lowest BCUT2D eigenvalue weighted by Crippen LogP contribution is -2.43. The maximum Gasteiger partial charge on any atom is 0.417 e. The molecule has 0 fully saturated rings. The van der Waals surface area contributed by atoms with Crippen LogP contribution in [0.5, 0.6) is 0 Å². The van der Waals surface area contributed by atoms with Crippen LogP contribution in [0.4, 0.5) is 13.2 Å². The Morgan fingerprint density at radius 1 is 1.10 bits per heavy atom. The lowest BCUT2D eigenvalue weighted by molar-refractivity contribution is -0.138. The van der Waals surface area contributed by atoms with E-state index in [1.54, 1.807) is 4.90 Å². The van der Waals surface area contributed by atoms with Gasteiger partial charge < -0.3 is 9.47 Å². The number of hydrogen-bond donors (Lipinski definition) is 0. The van der Waals surface area contributed by atoms with Gasteiger partial charge in [-0.15, -0.1) is 0 Å². The summed E-state index contributed by atoms with van der Waals surface area (Å²) in [5.74, 6) is -0.525. The Morgan fingerprint density at radius 3 is 2.69 bits per heavy atom. The van der Waals surface area contributed by atoms with Crippen molar-refractivity contribution in [3.8, 4) is 0 Å². The van der Waals surface area contributed by atoms with Gasteiger partial charge >= 0.3 is 6.18 Å². The summed E-state index contributed by atoms with van der Waals surface area (Å²) in [6.07, 6.45) is -1.90. The van der Waals surface area contributed by atoms with Gasteiger partial charge in [-0.05, 0) is 56.0 Å². The van der Waals surface area contributed by atoms with Gasteiger partial charge in [0, 0.05) is 29.7 Å². The molecule has 3 nitrogen and oxygen atoms in total. The van der Waals surface area contributed by atoms with Crippen molar-refractivity contribution >= 4 is 16.8 Å². The van der Waals surface area contributed by atoms with Crippen LogP contribution in [0.1, 0.15) is 51.6 Å². The predicted molar refractivity (Wildman–Crippen MR) is 105 cm³/mol. The smallest absolute Gasteiger partial charge is 0.341 e. The van der Waals surface area contributed by atoms with E-state index in [9.17, 15) is 18.0 Å². The molecule has 2 aromatic carbocycles. The highest BCUT2D eigenvalue weighted by Gasteiger charge is 2.40. The van der Waals surface area contributed by atoms with Gasteiger partial charge in [0.2, 0.25) is 0 Å². The van der Waals surface area contributed by atoms with Crippen LogP contribution in [0, 0.1) is 6.92 Å². The molecule has 5 rings (SSSR count). The number of nitrogens with zero attached hydrogens (tertiary/aromatic N) is 2. The van der Waals surface area contributed by atoms with Crippen molar-refractivity contribution in [3.63, 3.8) is 0 Å². The molecule has 2 aliphatic rings. The zero-order chi connectivity index (χ0) is 20.3. The summed E-state index contributed by atoms with van der Waals surface area (Å²) in [6.45, 7) is 3.08. The number of aromatic nitrogens is 1. The van der Waals surface area contributed by atoms with E-state index in [2.05, 4.69) is 29.7 Å². The number of rotatable bonds is 1. The molecule has 150 valence electrons. The van der Waals surface area contributed by atoms with Crippen LogP contribution in [0.3, 0.4) is 0 Å². The van der Waals surface area contributed by atoms with Gasteiger partial charge in [-0.3, -0.25) is 4.79 Å². The van der Waals surface area contributed by atoms with Crippen molar-refractivity contribution < 1.29 is 18.0 Å². The molecule has 1 aromatic heterocycles. The number of benzene rings is 2. The number of amides is 1. The van der Waals surface area contributed by atoms with E-state index in [4.69, 9.17) is 0 Å². The molecular weight excluding hydrogens is 377 g/mol. The lowest BCUT2D eigenvalue weighted by Gasteiger charge is -2.40. The second kappa shape index (κ2) is 6.37. The van der Waals surface area contributed by atoms with Crippen molar-refractivity contribution in [1.29, 1.82) is 0 Å². The number of halogens is 3. The Labute approximate surface area is 166 Å². The minimum atomic E-state index is -4.55. The first-order valence-electron chi connectivity index (χ1n) is 9.95. The second-order valence-electron chi connectivity index (χ2n) is 7.99. The van der Waals surface area contributed by atoms with Crippen molar-refractivity contribution in [2.75, 3.05) is 6.54 Å². The summed E-state index contributed by atoms with van der Waals surface area (Å²) in [5, 5.41) is 1.22. The zero-order valence-electron chi connectivity index (χ0n) is 16.1. The summed E-state index contributed by atoms with van der Waals surface area (Å²) in [6, 6.07) is 11.3. The number of aryl methyl sites for hydroxylation is 2. The molecule has 29 heavy (non-hydrogen) atoms. The average molecular weight is 398 g/mol. The highest BCUT2D eigenvalue weighted by molar-refractivity contribution is 5.97. The van der Waals surface area contributed by atoms with Crippen molar-refractivity contribution in [1.82, 2.24) is 9.47 Å². The van der Waals surface area contributed by atoms with E-state index in [1.165, 1.54) is 34.7 Å². The van der Waals surface area contributed by atoms with Crippen LogP contribution in [-0.4, -0.2) is 21.9 Å². The monoisotopic (exact) mass is 398 g/mol. The van der Waals surface area contributed by atoms with Crippen LogP contribution in [-0.2, 0) is 19.1 Å². The van der Waals surface area contributed by atoms with Crippen LogP contribution < -0.4 is 0 Å². The van der Waals surface area contributed by atoms with E-state index in [-0.39, 0.29) is 11.6 Å². The molecule has 1 atom stereocenters. The molecule has 0 saturated heterocycles. The minimum absolute atomic E-state index is 0.172. The molecule has 1 aliphatic carbocycles. The van der Waals surface area contributed by atoms with E-state index in [0.29, 0.717) is 13.1 Å². The molecule has 3 aromatic rings. The highest BCUT2D eigenvalue weighted by Crippen LogP contribution is 2.44. The largest absolute Gasteiger partial charge is 0.417 e. The Balaban J connectivity index is 1.61. The van der Waals surface area contributed by atoms with Crippen molar-refractivity contribution in [3.05, 3.63) is 70.4 Å². The molecule has 2 heterocycles. The molecule has 0 bridgehead atoms. The van der Waals surface area contributed by atoms with Crippen molar-refractivity contribution in [2.45, 2.75) is 44.9 Å². The molecule has 0 N–H and O–H groups in total. The molecule has 6 heteroatoms. The summed E-state index contributed by atoms with van der Waals surface area (Å²) < 4.78 is 42.7. The first-order chi connectivity index (χ1) is 13.9. The van der Waals surface area contributed by atoms with Gasteiger partial charge in [-0.2, -0.15) is 13.2 Å². The van der Waals surface area contributed by atoms with Crippen molar-refractivity contribution in [2.24, 2.45) is 0 Å². The Morgan fingerprint density at radius 2 is 1.90 bits per heavy atom. The number of carbonyl (C=O) groups is 1. The normalized spacial score (nSPS) is 18.8. The third-order valence-electron chi connectivity index (χ3n) is 6.25. The molecule has 0 spiro atoms. The van der Waals surface area contributed by atoms with Crippen LogP contribution >= 0.6 is 0 Å². The third-order valence-corrected chi connectivity index (χ3v) is 6.25. The standard InChI is InChI=1S/C23H21F3N2O/c1-14-9-10-19-17(13-14)15-6-4-8-20-21(15)27(19)11-12-28(20)22(29)16-5-2-3-7-18(16)23(24,25)26/h2-3,5,7,9-10,13,20H,4,6,8,11-12H2,1H3/t20-/m1/s1. The van der Waals surface area contributed by atoms with E-state index >= 15 is 0 Å². The van der Waals surface area contributed by atoms with E-state index < -0.39 is 17.6 Å². The SMILES string of the molecule is Cc1ccc2c(c1)c1c3n2CCN(C(=O)c2ccccc2C(F)(F)F)[C@@H]3CCC1. The second-order valence-corrected chi connectivity index (χ2v) is 7.99. The quantitative estimate of drug-likeness (QED) is 0.531. The Hall–Kier alpha value is -2.76. The summed E-state index contributed by atoms with van der Waals surface area (Å²) in [4.78, 5) is 14.9. The predicted octanol–water partition coefficient (Wildman–Crippen LogP) is 5.50. The summed E-state index contributed by atoms with van der Waals surface area (Å²) in [7, 11) is 0. The number of alkyl halides is 3.